The van der Waals surface area contributed by atoms with E-state index in [0.29, 0.717) is 11.3 Å². The fraction of sp³-hybridized carbons (Fsp3) is 0.118. The van der Waals surface area contributed by atoms with Crippen molar-refractivity contribution >= 4 is 15.7 Å². The van der Waals surface area contributed by atoms with Crippen molar-refractivity contribution < 1.29 is 12.9 Å². The molecule has 3 rings (SSSR count). The average molecular weight is 328 g/mol. The van der Waals surface area contributed by atoms with Gasteiger partial charge in [0.15, 0.2) is 9.84 Å². The zero-order chi connectivity index (χ0) is 16.4. The van der Waals surface area contributed by atoms with Crippen molar-refractivity contribution in [3.05, 3.63) is 65.7 Å². The zero-order valence-electron chi connectivity index (χ0n) is 12.6. The molecule has 0 aliphatic heterocycles. The van der Waals surface area contributed by atoms with Gasteiger partial charge in [-0.1, -0.05) is 47.1 Å². The van der Waals surface area contributed by atoms with E-state index in [9.17, 15) is 8.42 Å². The molecule has 1 heterocycles. The first-order chi connectivity index (χ1) is 11.0. The van der Waals surface area contributed by atoms with Gasteiger partial charge < -0.3 is 10.3 Å². The van der Waals surface area contributed by atoms with Gasteiger partial charge in [0, 0.05) is 11.6 Å². The molecule has 118 valence electrons. The Morgan fingerprint density at radius 2 is 1.83 bits per heavy atom. The van der Waals surface area contributed by atoms with Crippen LogP contribution in [-0.2, 0) is 15.6 Å². The molecule has 0 spiro atoms. The van der Waals surface area contributed by atoms with Crippen molar-refractivity contribution in [2.75, 3.05) is 5.73 Å². The van der Waals surface area contributed by atoms with Gasteiger partial charge in [-0.05, 0) is 24.6 Å². The predicted octanol–water partition coefficient (Wildman–Crippen LogP) is 3.21. The summed E-state index contributed by atoms with van der Waals surface area (Å²) < 4.78 is 30.5. The molecule has 0 amide bonds. The van der Waals surface area contributed by atoms with E-state index >= 15 is 0 Å². The Morgan fingerprint density at radius 1 is 1.09 bits per heavy atom. The largest absolute Gasteiger partial charge is 0.368 e. The molecule has 23 heavy (non-hydrogen) atoms. The second-order valence-electron chi connectivity index (χ2n) is 5.36. The molecular weight excluding hydrogens is 312 g/mol. The third-order valence-electron chi connectivity index (χ3n) is 3.47. The topological polar surface area (TPSA) is 86.2 Å². The van der Waals surface area contributed by atoms with Crippen molar-refractivity contribution in [3.8, 4) is 11.3 Å². The number of sulfone groups is 1. The van der Waals surface area contributed by atoms with Gasteiger partial charge in [-0.15, -0.1) is 0 Å². The van der Waals surface area contributed by atoms with Crippen LogP contribution in [0.4, 0.5) is 5.88 Å². The van der Waals surface area contributed by atoms with Crippen molar-refractivity contribution in [2.45, 2.75) is 17.6 Å². The molecule has 2 N–H and O–H groups in total. The lowest BCUT2D eigenvalue weighted by molar-refractivity contribution is 0.439. The van der Waals surface area contributed by atoms with Crippen LogP contribution in [0.5, 0.6) is 0 Å². The smallest absolute Gasteiger partial charge is 0.222 e. The highest BCUT2D eigenvalue weighted by atomic mass is 32.2. The molecule has 5 nitrogen and oxygen atoms in total. The number of benzene rings is 2. The maximum absolute atomic E-state index is 12.8. The number of nitrogen functional groups attached to an aromatic ring is 1. The summed E-state index contributed by atoms with van der Waals surface area (Å²) in [5.41, 5.74) is 8.14. The van der Waals surface area contributed by atoms with Crippen LogP contribution in [0.2, 0.25) is 0 Å². The maximum Gasteiger partial charge on any atom is 0.222 e. The summed E-state index contributed by atoms with van der Waals surface area (Å²) >= 11 is 0. The van der Waals surface area contributed by atoms with Crippen molar-refractivity contribution in [2.24, 2.45) is 0 Å². The van der Waals surface area contributed by atoms with Crippen LogP contribution in [0.3, 0.4) is 0 Å². The first-order valence-corrected chi connectivity index (χ1v) is 8.71. The number of aryl methyl sites for hydroxylation is 1. The van der Waals surface area contributed by atoms with Gasteiger partial charge in [-0.2, -0.15) is 0 Å². The second kappa shape index (κ2) is 5.89. The van der Waals surface area contributed by atoms with Crippen LogP contribution in [-0.4, -0.2) is 13.6 Å². The maximum atomic E-state index is 12.8. The number of nitrogens with zero attached hydrogens (tertiary/aromatic N) is 1. The summed E-state index contributed by atoms with van der Waals surface area (Å²) in [6.45, 7) is 1.89. The summed E-state index contributed by atoms with van der Waals surface area (Å²) in [7, 11) is -3.52. The lowest BCUT2D eigenvalue weighted by atomic mass is 10.1. The Bertz CT molecular complexity index is 931. The lowest BCUT2D eigenvalue weighted by Gasteiger charge is -2.10. The Balaban J connectivity index is 2.09. The van der Waals surface area contributed by atoms with E-state index < -0.39 is 9.84 Å². The number of hydrogen-bond donors (Lipinski definition) is 1. The van der Waals surface area contributed by atoms with Crippen LogP contribution in [0.25, 0.3) is 11.3 Å². The molecule has 0 saturated heterocycles. The third kappa shape index (κ3) is 3.27. The molecule has 6 heteroatoms. The molecule has 0 aliphatic carbocycles. The van der Waals surface area contributed by atoms with Gasteiger partial charge in [0.05, 0.1) is 10.6 Å². The van der Waals surface area contributed by atoms with Crippen LogP contribution in [0.15, 0.2) is 64.0 Å². The summed E-state index contributed by atoms with van der Waals surface area (Å²) in [4.78, 5) is 0.222. The van der Waals surface area contributed by atoms with E-state index in [-0.39, 0.29) is 16.5 Å². The van der Waals surface area contributed by atoms with Crippen LogP contribution in [0.1, 0.15) is 11.1 Å². The number of hydrogen-bond acceptors (Lipinski definition) is 5. The Labute approximate surface area is 134 Å². The second-order valence-corrected chi connectivity index (χ2v) is 7.32. The SMILES string of the molecule is Cc1ccc(S(=O)(=O)Cc2ccccc2)c(-c2cc(N)on2)c1. The molecule has 0 bridgehead atoms. The monoisotopic (exact) mass is 328 g/mol. The van der Waals surface area contributed by atoms with Crippen LogP contribution < -0.4 is 5.73 Å². The Hall–Kier alpha value is -2.60. The number of rotatable bonds is 4. The van der Waals surface area contributed by atoms with Crippen LogP contribution >= 0.6 is 0 Å². The quantitative estimate of drug-likeness (QED) is 0.795. The molecule has 3 aromatic rings. The molecule has 1 aromatic heterocycles. The Kier molecular flexibility index (Phi) is 3.92. The highest BCUT2D eigenvalue weighted by Gasteiger charge is 2.22. The molecule has 0 atom stereocenters. The number of anilines is 1. The molecule has 0 aliphatic rings. The van der Waals surface area contributed by atoms with Gasteiger partial charge in [-0.3, -0.25) is 0 Å². The van der Waals surface area contributed by atoms with Gasteiger partial charge in [0.1, 0.15) is 5.69 Å². The number of nitrogens with two attached hydrogens (primary N) is 1. The summed E-state index contributed by atoms with van der Waals surface area (Å²) in [5.74, 6) is 0.0740. The summed E-state index contributed by atoms with van der Waals surface area (Å²) in [6.07, 6.45) is 0. The highest BCUT2D eigenvalue weighted by molar-refractivity contribution is 7.90. The minimum Gasteiger partial charge on any atom is -0.368 e. The molecule has 0 fully saturated rings. The third-order valence-corrected chi connectivity index (χ3v) is 5.21. The standard InChI is InChI=1S/C17H16N2O3S/c1-12-7-8-16(14(9-12)15-10-17(18)22-19-15)23(20,21)11-13-5-3-2-4-6-13/h2-10H,11,18H2,1H3. The van der Waals surface area contributed by atoms with E-state index in [1.54, 1.807) is 30.3 Å². The minimum atomic E-state index is -3.52. The Morgan fingerprint density at radius 3 is 2.48 bits per heavy atom. The fourth-order valence-electron chi connectivity index (χ4n) is 2.40. The van der Waals surface area contributed by atoms with Crippen molar-refractivity contribution in [1.29, 1.82) is 0 Å². The average Bonchev–Trinajstić information content (AvgIpc) is 2.94. The predicted molar refractivity (Wildman–Crippen MR) is 88.4 cm³/mol. The highest BCUT2D eigenvalue weighted by Crippen LogP contribution is 2.30. The summed E-state index contributed by atoms with van der Waals surface area (Å²) in [5, 5.41) is 3.84. The lowest BCUT2D eigenvalue weighted by Crippen LogP contribution is -2.07. The van der Waals surface area contributed by atoms with E-state index in [2.05, 4.69) is 5.16 Å². The molecular formula is C17H16N2O3S. The first kappa shape index (κ1) is 15.3. The zero-order valence-corrected chi connectivity index (χ0v) is 13.4. The molecule has 2 aromatic carbocycles. The fourth-order valence-corrected chi connectivity index (χ4v) is 3.96. The van der Waals surface area contributed by atoms with E-state index in [1.165, 1.54) is 6.07 Å². The van der Waals surface area contributed by atoms with E-state index in [4.69, 9.17) is 10.3 Å². The summed E-state index contributed by atoms with van der Waals surface area (Å²) in [6, 6.07) is 15.7. The normalized spacial score (nSPS) is 11.5. The van der Waals surface area contributed by atoms with E-state index in [0.717, 1.165) is 11.1 Å². The molecule has 0 unspecified atom stereocenters. The molecule has 0 radical (unpaired) electrons. The van der Waals surface area contributed by atoms with Gasteiger partial charge in [0.2, 0.25) is 5.88 Å². The van der Waals surface area contributed by atoms with Gasteiger partial charge >= 0.3 is 0 Å². The van der Waals surface area contributed by atoms with Crippen molar-refractivity contribution in [3.63, 3.8) is 0 Å². The minimum absolute atomic E-state index is 0.0722. The van der Waals surface area contributed by atoms with E-state index in [1.807, 2.05) is 25.1 Å². The first-order valence-electron chi connectivity index (χ1n) is 7.05. The van der Waals surface area contributed by atoms with Crippen LogP contribution in [0, 0.1) is 6.92 Å². The van der Waals surface area contributed by atoms with Gasteiger partial charge in [0.25, 0.3) is 0 Å². The van der Waals surface area contributed by atoms with Gasteiger partial charge in [-0.25, -0.2) is 8.42 Å². The molecule has 0 saturated carbocycles. The number of aromatic nitrogens is 1. The van der Waals surface area contributed by atoms with Crippen molar-refractivity contribution in [1.82, 2.24) is 5.16 Å².